The molecule has 1 aliphatic rings. The molecule has 0 saturated heterocycles. The molecule has 7 nitrogen and oxygen atoms in total. The van der Waals surface area contributed by atoms with Crippen LogP contribution in [0.1, 0.15) is 45.5 Å². The molecular formula is C23H24BrN3O4S. The van der Waals surface area contributed by atoms with Gasteiger partial charge < -0.3 is 14.8 Å². The van der Waals surface area contributed by atoms with E-state index in [1.165, 1.54) is 0 Å². The summed E-state index contributed by atoms with van der Waals surface area (Å²) in [7, 11) is 0. The van der Waals surface area contributed by atoms with Crippen molar-refractivity contribution in [3.8, 4) is 5.75 Å². The number of benzene rings is 1. The summed E-state index contributed by atoms with van der Waals surface area (Å²) in [4.78, 5) is 33.2. The van der Waals surface area contributed by atoms with Gasteiger partial charge in [0.25, 0.3) is 11.5 Å². The molecule has 0 radical (unpaired) electrons. The van der Waals surface area contributed by atoms with Crippen molar-refractivity contribution in [3.63, 3.8) is 0 Å². The molecule has 1 amide bonds. The molecule has 32 heavy (non-hydrogen) atoms. The van der Waals surface area contributed by atoms with E-state index in [9.17, 15) is 9.59 Å². The van der Waals surface area contributed by atoms with Crippen LogP contribution in [0, 0.1) is 6.92 Å². The van der Waals surface area contributed by atoms with Gasteiger partial charge in [-0.1, -0.05) is 30.3 Å². The summed E-state index contributed by atoms with van der Waals surface area (Å²) < 4.78 is 14.2. The molecule has 0 fully saturated rings. The monoisotopic (exact) mass is 517 g/mol. The number of thiophene rings is 1. The van der Waals surface area contributed by atoms with Gasteiger partial charge in [-0.15, -0.1) is 11.3 Å². The molecule has 3 heterocycles. The fourth-order valence-electron chi connectivity index (χ4n) is 3.57. The normalized spacial score (nSPS) is 14.6. The Labute approximate surface area is 198 Å². The van der Waals surface area contributed by atoms with Gasteiger partial charge in [0.05, 0.1) is 19.7 Å². The average molecular weight is 518 g/mol. The van der Waals surface area contributed by atoms with Crippen LogP contribution < -0.4 is 15.6 Å². The van der Waals surface area contributed by atoms with Crippen LogP contribution in [0.3, 0.4) is 0 Å². The van der Waals surface area contributed by atoms with Gasteiger partial charge in [-0.05, 0) is 48.3 Å². The maximum atomic E-state index is 13.3. The minimum absolute atomic E-state index is 0.0276. The smallest absolute Gasteiger partial charge is 0.296 e. The van der Waals surface area contributed by atoms with E-state index >= 15 is 0 Å². The van der Waals surface area contributed by atoms with Crippen LogP contribution in [0.15, 0.2) is 45.7 Å². The van der Waals surface area contributed by atoms with Crippen molar-refractivity contribution in [2.24, 2.45) is 0 Å². The Morgan fingerprint density at radius 3 is 2.78 bits per heavy atom. The molecule has 9 heteroatoms. The van der Waals surface area contributed by atoms with Gasteiger partial charge in [-0.3, -0.25) is 14.2 Å². The van der Waals surface area contributed by atoms with Crippen LogP contribution in [0.25, 0.3) is 0 Å². The molecule has 0 atom stereocenters. The first kappa shape index (κ1) is 22.7. The van der Waals surface area contributed by atoms with Crippen LogP contribution in [-0.2, 0) is 30.0 Å². The second kappa shape index (κ2) is 9.17. The molecule has 0 spiro atoms. The first-order valence-corrected chi connectivity index (χ1v) is 11.9. The number of nitrogens with one attached hydrogen (secondary N) is 1. The molecule has 168 valence electrons. The molecule has 0 unspecified atom stereocenters. The van der Waals surface area contributed by atoms with Crippen molar-refractivity contribution in [1.82, 2.24) is 14.9 Å². The number of aromatic nitrogens is 2. The molecule has 4 rings (SSSR count). The Balaban J connectivity index is 1.69. The Morgan fingerprint density at radius 1 is 1.34 bits per heavy atom. The maximum Gasteiger partial charge on any atom is 0.296 e. The number of halogens is 1. The molecule has 0 bridgehead atoms. The van der Waals surface area contributed by atoms with Crippen molar-refractivity contribution in [1.29, 1.82) is 0 Å². The quantitative estimate of drug-likeness (QED) is 0.530. The SMILES string of the molecule is Cc1cc(Br)c(CNC(=O)c2nc3n(c(=O)c2OCc2ccccc2)CCOC3(C)C)s1. The van der Waals surface area contributed by atoms with E-state index < -0.39 is 11.5 Å². The number of ether oxygens (including phenoxy) is 2. The van der Waals surface area contributed by atoms with Crippen molar-refractivity contribution >= 4 is 33.2 Å². The Kier molecular flexibility index (Phi) is 6.50. The number of aryl methyl sites for hydroxylation is 1. The molecular weight excluding hydrogens is 494 g/mol. The lowest BCUT2D eigenvalue weighted by Crippen LogP contribution is -2.43. The highest BCUT2D eigenvalue weighted by atomic mass is 79.9. The zero-order valence-corrected chi connectivity index (χ0v) is 20.5. The van der Waals surface area contributed by atoms with Crippen molar-refractivity contribution < 1.29 is 14.3 Å². The topological polar surface area (TPSA) is 82.5 Å². The lowest BCUT2D eigenvalue weighted by molar-refractivity contribution is -0.0567. The van der Waals surface area contributed by atoms with Gasteiger partial charge >= 0.3 is 0 Å². The number of rotatable bonds is 6. The van der Waals surface area contributed by atoms with Crippen molar-refractivity contribution in [2.75, 3.05) is 6.61 Å². The van der Waals surface area contributed by atoms with E-state index in [2.05, 4.69) is 26.2 Å². The van der Waals surface area contributed by atoms with E-state index in [1.54, 1.807) is 15.9 Å². The summed E-state index contributed by atoms with van der Waals surface area (Å²) in [6.07, 6.45) is 0. The lowest BCUT2D eigenvalue weighted by Gasteiger charge is -2.32. The van der Waals surface area contributed by atoms with Gasteiger partial charge in [0.1, 0.15) is 18.0 Å². The number of hydrogen-bond donors (Lipinski definition) is 1. The second-order valence-electron chi connectivity index (χ2n) is 8.01. The number of hydrogen-bond acceptors (Lipinski definition) is 6. The van der Waals surface area contributed by atoms with Gasteiger partial charge in [-0.25, -0.2) is 4.98 Å². The van der Waals surface area contributed by atoms with Crippen LogP contribution in [-0.4, -0.2) is 22.1 Å². The second-order valence-corrected chi connectivity index (χ2v) is 10.2. The van der Waals surface area contributed by atoms with Crippen LogP contribution in [0.4, 0.5) is 0 Å². The van der Waals surface area contributed by atoms with E-state index in [1.807, 2.05) is 57.2 Å². The van der Waals surface area contributed by atoms with Gasteiger partial charge in [0.2, 0.25) is 5.75 Å². The summed E-state index contributed by atoms with van der Waals surface area (Å²) in [5.41, 5.74) is -0.304. The largest absolute Gasteiger partial charge is 0.481 e. The number of nitrogens with zero attached hydrogens (tertiary/aromatic N) is 2. The molecule has 1 N–H and O–H groups in total. The van der Waals surface area contributed by atoms with Crippen molar-refractivity contribution in [3.05, 3.63) is 78.1 Å². The molecule has 2 aromatic heterocycles. The molecule has 3 aromatic rings. The predicted molar refractivity (Wildman–Crippen MR) is 126 cm³/mol. The zero-order valence-electron chi connectivity index (χ0n) is 18.1. The number of carbonyl (C=O) groups is 1. The summed E-state index contributed by atoms with van der Waals surface area (Å²) in [5, 5.41) is 2.88. The fourth-order valence-corrected chi connectivity index (χ4v) is 5.31. The lowest BCUT2D eigenvalue weighted by atomic mass is 10.1. The van der Waals surface area contributed by atoms with Crippen LogP contribution in [0.2, 0.25) is 0 Å². The van der Waals surface area contributed by atoms with E-state index in [-0.39, 0.29) is 23.6 Å². The predicted octanol–water partition coefficient (Wildman–Crippen LogP) is 4.15. The molecule has 1 aliphatic heterocycles. The zero-order chi connectivity index (χ0) is 22.9. The number of carbonyl (C=O) groups excluding carboxylic acids is 1. The average Bonchev–Trinajstić information content (AvgIpc) is 3.09. The Morgan fingerprint density at radius 2 is 2.09 bits per heavy atom. The summed E-state index contributed by atoms with van der Waals surface area (Å²) in [5.74, 6) is -0.0961. The number of amides is 1. The Bertz CT molecular complexity index is 1200. The molecule has 0 aliphatic carbocycles. The van der Waals surface area contributed by atoms with Crippen molar-refractivity contribution in [2.45, 2.75) is 46.1 Å². The maximum absolute atomic E-state index is 13.3. The summed E-state index contributed by atoms with van der Waals surface area (Å²) >= 11 is 5.10. The summed E-state index contributed by atoms with van der Waals surface area (Å²) in [6, 6.07) is 11.5. The van der Waals surface area contributed by atoms with E-state index in [0.717, 1.165) is 19.8 Å². The fraction of sp³-hybridized carbons (Fsp3) is 0.348. The third kappa shape index (κ3) is 4.65. The standard InChI is InChI=1S/C23H24BrN3O4S/c1-14-11-16(24)17(32-14)12-25-20(28)18-19(30-13-15-7-5-4-6-8-15)21(29)27-9-10-31-23(2,3)22(27)26-18/h4-8,11H,9-10,12-13H2,1-3H3,(H,25,28). The van der Waals surface area contributed by atoms with Gasteiger partial charge in [-0.2, -0.15) is 0 Å². The molecule has 0 saturated carbocycles. The minimum Gasteiger partial charge on any atom is -0.481 e. The first-order chi connectivity index (χ1) is 15.3. The van der Waals surface area contributed by atoms with E-state index in [0.29, 0.717) is 25.5 Å². The Hall–Kier alpha value is -2.49. The van der Waals surface area contributed by atoms with E-state index in [4.69, 9.17) is 9.47 Å². The van der Waals surface area contributed by atoms with Gasteiger partial charge in [0.15, 0.2) is 5.69 Å². The van der Waals surface area contributed by atoms with Crippen LogP contribution >= 0.6 is 27.3 Å². The van der Waals surface area contributed by atoms with Crippen LogP contribution in [0.5, 0.6) is 5.75 Å². The highest BCUT2D eigenvalue weighted by Gasteiger charge is 2.35. The first-order valence-electron chi connectivity index (χ1n) is 10.3. The third-order valence-corrected chi connectivity index (χ3v) is 7.20. The highest BCUT2D eigenvalue weighted by molar-refractivity contribution is 9.10. The minimum atomic E-state index is -0.793. The molecule has 1 aromatic carbocycles. The highest BCUT2D eigenvalue weighted by Crippen LogP contribution is 2.29. The van der Waals surface area contributed by atoms with Gasteiger partial charge in [0, 0.05) is 14.2 Å². The summed E-state index contributed by atoms with van der Waals surface area (Å²) in [6.45, 7) is 6.89. The number of fused-ring (bicyclic) bond motifs is 1. The third-order valence-electron chi connectivity index (χ3n) is 5.18.